The Hall–Kier alpha value is -3.55. The lowest BCUT2D eigenvalue weighted by Gasteiger charge is -2.07. The quantitative estimate of drug-likeness (QED) is 0.434. The number of benzene rings is 3. The normalized spacial score (nSPS) is 10.9. The van der Waals surface area contributed by atoms with Gasteiger partial charge in [0.25, 0.3) is 0 Å². The second-order valence-electron chi connectivity index (χ2n) is 6.04. The molecule has 138 valence electrons. The fraction of sp³-hybridized carbons (Fsp3) is 0.0435. The summed E-state index contributed by atoms with van der Waals surface area (Å²) in [6.45, 7) is 0.266. The molecule has 3 aromatic rings. The van der Waals surface area contributed by atoms with Crippen LogP contribution in [0, 0.1) is 11.3 Å². The maximum atomic E-state index is 11.0. The molecule has 0 amide bonds. The molecule has 0 bridgehead atoms. The van der Waals surface area contributed by atoms with Crippen molar-refractivity contribution in [3.63, 3.8) is 0 Å². The maximum Gasteiger partial charge on any atom is 0.335 e. The van der Waals surface area contributed by atoms with E-state index < -0.39 is 5.97 Å². The van der Waals surface area contributed by atoms with Crippen LogP contribution < -0.4 is 4.74 Å². The van der Waals surface area contributed by atoms with Gasteiger partial charge in [-0.15, -0.1) is 0 Å². The topological polar surface area (TPSA) is 70.3 Å². The van der Waals surface area contributed by atoms with Crippen molar-refractivity contribution >= 4 is 29.2 Å². The number of nitriles is 1. The summed E-state index contributed by atoms with van der Waals surface area (Å²) in [6.07, 6.45) is 1.78. The Morgan fingerprint density at radius 3 is 2.43 bits per heavy atom. The van der Waals surface area contributed by atoms with Gasteiger partial charge in [0, 0.05) is 5.02 Å². The molecule has 0 aromatic heterocycles. The molecule has 5 heteroatoms. The van der Waals surface area contributed by atoms with Gasteiger partial charge in [-0.3, -0.25) is 0 Å². The Morgan fingerprint density at radius 2 is 1.75 bits per heavy atom. The standard InChI is InChI=1S/C23H16ClNO3/c24-21-6-2-4-18(13-21)20(14-25)11-16-7-9-22(10-8-16)28-15-17-3-1-5-19(12-17)23(26)27/h1-13H,15H2,(H,26,27)/b20-11-. The monoisotopic (exact) mass is 389 g/mol. The van der Waals surface area contributed by atoms with Crippen LogP contribution in [0.15, 0.2) is 72.8 Å². The van der Waals surface area contributed by atoms with E-state index in [1.165, 1.54) is 0 Å². The minimum atomic E-state index is -0.967. The second-order valence-corrected chi connectivity index (χ2v) is 6.48. The van der Waals surface area contributed by atoms with Crippen molar-refractivity contribution in [1.82, 2.24) is 0 Å². The molecule has 0 aliphatic heterocycles. The van der Waals surface area contributed by atoms with Gasteiger partial charge in [-0.05, 0) is 59.2 Å². The highest BCUT2D eigenvalue weighted by Crippen LogP contribution is 2.22. The van der Waals surface area contributed by atoms with Crippen LogP contribution in [-0.2, 0) is 6.61 Å². The molecule has 0 radical (unpaired) electrons. The van der Waals surface area contributed by atoms with E-state index >= 15 is 0 Å². The molecule has 0 fully saturated rings. The summed E-state index contributed by atoms with van der Waals surface area (Å²) in [4.78, 5) is 11.0. The number of aromatic carboxylic acids is 1. The van der Waals surface area contributed by atoms with E-state index in [2.05, 4.69) is 6.07 Å². The van der Waals surface area contributed by atoms with Gasteiger partial charge in [-0.1, -0.05) is 48.0 Å². The van der Waals surface area contributed by atoms with Crippen molar-refractivity contribution < 1.29 is 14.6 Å². The van der Waals surface area contributed by atoms with Crippen LogP contribution in [0.1, 0.15) is 27.0 Å². The molecule has 1 N–H and O–H groups in total. The van der Waals surface area contributed by atoms with E-state index in [1.807, 2.05) is 24.3 Å². The summed E-state index contributed by atoms with van der Waals surface area (Å²) in [6, 6.07) is 23.3. The maximum absolute atomic E-state index is 11.0. The first-order valence-electron chi connectivity index (χ1n) is 8.48. The van der Waals surface area contributed by atoms with Crippen LogP contribution in [0.5, 0.6) is 5.75 Å². The first-order valence-corrected chi connectivity index (χ1v) is 8.86. The Kier molecular flexibility index (Phi) is 6.11. The number of carboxylic acids is 1. The van der Waals surface area contributed by atoms with Gasteiger partial charge in [0.1, 0.15) is 12.4 Å². The minimum Gasteiger partial charge on any atom is -0.489 e. The number of carbonyl (C=O) groups is 1. The zero-order valence-corrected chi connectivity index (χ0v) is 15.6. The zero-order valence-electron chi connectivity index (χ0n) is 14.8. The highest BCUT2D eigenvalue weighted by Gasteiger charge is 2.05. The molecule has 0 saturated heterocycles. The molecule has 3 rings (SSSR count). The fourth-order valence-corrected chi connectivity index (χ4v) is 2.81. The number of nitrogens with zero attached hydrogens (tertiary/aromatic N) is 1. The first-order chi connectivity index (χ1) is 13.5. The highest BCUT2D eigenvalue weighted by molar-refractivity contribution is 6.30. The molecule has 0 unspecified atom stereocenters. The van der Waals surface area contributed by atoms with Crippen LogP contribution in [0.2, 0.25) is 5.02 Å². The zero-order chi connectivity index (χ0) is 19.9. The van der Waals surface area contributed by atoms with E-state index in [1.54, 1.807) is 54.6 Å². The number of hydrogen-bond donors (Lipinski definition) is 1. The molecular formula is C23H16ClNO3. The molecule has 0 heterocycles. The van der Waals surface area contributed by atoms with E-state index in [0.717, 1.165) is 16.7 Å². The Bertz CT molecular complexity index is 1070. The lowest BCUT2D eigenvalue weighted by atomic mass is 10.0. The van der Waals surface area contributed by atoms with E-state index in [4.69, 9.17) is 21.4 Å². The number of rotatable bonds is 6. The average molecular weight is 390 g/mol. The predicted molar refractivity (Wildman–Crippen MR) is 109 cm³/mol. The number of allylic oxidation sites excluding steroid dienone is 1. The van der Waals surface area contributed by atoms with Gasteiger partial charge >= 0.3 is 5.97 Å². The van der Waals surface area contributed by atoms with Crippen molar-refractivity contribution in [3.05, 3.63) is 100 Å². The van der Waals surface area contributed by atoms with Gasteiger partial charge in [0.15, 0.2) is 0 Å². The molecule has 0 aliphatic carbocycles. The summed E-state index contributed by atoms with van der Waals surface area (Å²) < 4.78 is 5.72. The Balaban J connectivity index is 1.70. The van der Waals surface area contributed by atoms with Crippen molar-refractivity contribution in [1.29, 1.82) is 5.26 Å². The minimum absolute atomic E-state index is 0.228. The molecule has 0 aliphatic rings. The lowest BCUT2D eigenvalue weighted by molar-refractivity contribution is 0.0696. The molecule has 3 aromatic carbocycles. The molecule has 0 saturated carbocycles. The van der Waals surface area contributed by atoms with Gasteiger partial charge in [-0.25, -0.2) is 4.79 Å². The van der Waals surface area contributed by atoms with Crippen molar-refractivity contribution in [2.75, 3.05) is 0 Å². The number of ether oxygens (including phenoxy) is 1. The number of carboxylic acid groups (broad SMARTS) is 1. The summed E-state index contributed by atoms with van der Waals surface area (Å²) in [5.41, 5.74) is 3.13. The van der Waals surface area contributed by atoms with Gasteiger partial charge in [-0.2, -0.15) is 5.26 Å². The molecule has 0 spiro atoms. The molecule has 4 nitrogen and oxygen atoms in total. The van der Waals surface area contributed by atoms with E-state index in [0.29, 0.717) is 16.3 Å². The van der Waals surface area contributed by atoms with Gasteiger partial charge in [0.05, 0.1) is 17.2 Å². The largest absolute Gasteiger partial charge is 0.489 e. The number of halogens is 1. The third kappa shape index (κ3) is 5.00. The summed E-state index contributed by atoms with van der Waals surface area (Å²) in [5, 5.41) is 19.0. The SMILES string of the molecule is N#C/C(=C/c1ccc(OCc2cccc(C(=O)O)c2)cc1)c1cccc(Cl)c1. The van der Waals surface area contributed by atoms with Crippen LogP contribution in [0.4, 0.5) is 0 Å². The van der Waals surface area contributed by atoms with Crippen LogP contribution in [-0.4, -0.2) is 11.1 Å². The highest BCUT2D eigenvalue weighted by atomic mass is 35.5. The summed E-state index contributed by atoms with van der Waals surface area (Å²) in [7, 11) is 0. The smallest absolute Gasteiger partial charge is 0.335 e. The van der Waals surface area contributed by atoms with Crippen LogP contribution in [0.3, 0.4) is 0 Å². The lowest BCUT2D eigenvalue weighted by Crippen LogP contribution is -2.00. The van der Waals surface area contributed by atoms with Crippen LogP contribution in [0.25, 0.3) is 11.6 Å². The van der Waals surface area contributed by atoms with Crippen molar-refractivity contribution in [2.24, 2.45) is 0 Å². The summed E-state index contributed by atoms with van der Waals surface area (Å²) in [5.74, 6) is -0.315. The first kappa shape index (κ1) is 19.2. The molecule has 28 heavy (non-hydrogen) atoms. The van der Waals surface area contributed by atoms with Crippen LogP contribution >= 0.6 is 11.6 Å². The third-order valence-electron chi connectivity index (χ3n) is 4.03. The molecule has 0 atom stereocenters. The number of hydrogen-bond acceptors (Lipinski definition) is 3. The van der Waals surface area contributed by atoms with E-state index in [9.17, 15) is 10.1 Å². The second kappa shape index (κ2) is 8.90. The van der Waals surface area contributed by atoms with Gasteiger partial charge < -0.3 is 9.84 Å². The molecular weight excluding hydrogens is 374 g/mol. The average Bonchev–Trinajstić information content (AvgIpc) is 2.71. The predicted octanol–water partition coefficient (Wildman–Crippen LogP) is 5.68. The Morgan fingerprint density at radius 1 is 1.04 bits per heavy atom. The third-order valence-corrected chi connectivity index (χ3v) is 4.26. The van der Waals surface area contributed by atoms with Crippen molar-refractivity contribution in [3.8, 4) is 11.8 Å². The summed E-state index contributed by atoms with van der Waals surface area (Å²) >= 11 is 6.00. The van der Waals surface area contributed by atoms with Crippen molar-refractivity contribution in [2.45, 2.75) is 6.61 Å². The Labute approximate surface area is 167 Å². The van der Waals surface area contributed by atoms with E-state index in [-0.39, 0.29) is 12.2 Å². The fourth-order valence-electron chi connectivity index (χ4n) is 2.62. The van der Waals surface area contributed by atoms with Gasteiger partial charge in [0.2, 0.25) is 0 Å².